The zero-order valence-corrected chi connectivity index (χ0v) is 17.8. The van der Waals surface area contributed by atoms with Crippen LogP contribution in [0.1, 0.15) is 27.0 Å². The number of anilines is 1. The third-order valence-corrected chi connectivity index (χ3v) is 4.86. The smallest absolute Gasteiger partial charge is 0.337 e. The number of carbonyl (C=O) groups is 2. The number of nitriles is 1. The van der Waals surface area contributed by atoms with Crippen molar-refractivity contribution in [3.63, 3.8) is 0 Å². The molecule has 1 N–H and O–H groups in total. The average Bonchev–Trinajstić information content (AvgIpc) is 2.79. The van der Waals surface area contributed by atoms with E-state index in [0.29, 0.717) is 28.3 Å². The Morgan fingerprint density at radius 1 is 1.12 bits per heavy atom. The Bertz CT molecular complexity index is 1230. The van der Waals surface area contributed by atoms with Crippen LogP contribution in [0.2, 0.25) is 5.02 Å². The summed E-state index contributed by atoms with van der Waals surface area (Å²) in [4.78, 5) is 24.2. The third-order valence-electron chi connectivity index (χ3n) is 4.62. The van der Waals surface area contributed by atoms with Crippen LogP contribution in [0.25, 0.3) is 6.08 Å². The molecule has 0 spiro atoms. The summed E-state index contributed by atoms with van der Waals surface area (Å²) in [5.41, 5.74) is 2.72. The largest absolute Gasteiger partial charge is 0.465 e. The molecule has 0 unspecified atom stereocenters. The predicted octanol–water partition coefficient (Wildman–Crippen LogP) is 5.40. The Balaban J connectivity index is 1.85. The van der Waals surface area contributed by atoms with Gasteiger partial charge in [0.05, 0.1) is 12.7 Å². The van der Waals surface area contributed by atoms with Crippen molar-refractivity contribution >= 4 is 35.2 Å². The van der Waals surface area contributed by atoms with Gasteiger partial charge in [0.2, 0.25) is 0 Å². The number of amides is 1. The molecule has 0 saturated heterocycles. The Labute approximate surface area is 189 Å². The molecule has 0 aliphatic carbocycles. The number of ether oxygens (including phenoxy) is 1. The fraction of sp³-hybridized carbons (Fsp3) is 0.0800. The lowest BCUT2D eigenvalue weighted by molar-refractivity contribution is -0.112. The van der Waals surface area contributed by atoms with E-state index in [2.05, 4.69) is 10.1 Å². The molecule has 0 heterocycles. The van der Waals surface area contributed by atoms with Gasteiger partial charge in [-0.2, -0.15) is 5.26 Å². The summed E-state index contributed by atoms with van der Waals surface area (Å²) in [6.07, 6.45) is 1.84. The Hall–Kier alpha value is -3.95. The van der Waals surface area contributed by atoms with Gasteiger partial charge in [-0.1, -0.05) is 29.8 Å². The molecule has 0 aliphatic rings. The van der Waals surface area contributed by atoms with Crippen LogP contribution in [-0.4, -0.2) is 19.0 Å². The second-order valence-corrected chi connectivity index (χ2v) is 7.28. The highest BCUT2D eigenvalue weighted by Gasteiger charge is 2.13. The molecule has 0 saturated carbocycles. The van der Waals surface area contributed by atoms with E-state index in [1.165, 1.54) is 49.6 Å². The van der Waals surface area contributed by atoms with Gasteiger partial charge in [0.25, 0.3) is 5.91 Å². The molecular weight excluding hydrogens is 431 g/mol. The van der Waals surface area contributed by atoms with Gasteiger partial charge in [0, 0.05) is 10.7 Å². The monoisotopic (exact) mass is 448 g/mol. The second-order valence-electron chi connectivity index (χ2n) is 6.84. The van der Waals surface area contributed by atoms with Crippen molar-refractivity contribution < 1.29 is 18.7 Å². The minimum atomic E-state index is -0.616. The first-order chi connectivity index (χ1) is 15.4. The molecule has 0 atom stereocenters. The normalized spacial score (nSPS) is 10.9. The first kappa shape index (κ1) is 22.7. The predicted molar refractivity (Wildman–Crippen MR) is 121 cm³/mol. The van der Waals surface area contributed by atoms with Crippen molar-refractivity contribution in [1.82, 2.24) is 0 Å². The number of rotatable bonds is 6. The lowest BCUT2D eigenvalue weighted by atomic mass is 9.98. The van der Waals surface area contributed by atoms with Crippen LogP contribution < -0.4 is 5.32 Å². The number of nitrogens with one attached hydrogen (secondary N) is 1. The maximum absolute atomic E-state index is 13.5. The fourth-order valence-electron chi connectivity index (χ4n) is 3.04. The van der Waals surface area contributed by atoms with E-state index in [1.807, 2.05) is 6.07 Å². The summed E-state index contributed by atoms with van der Waals surface area (Å²) in [6, 6.07) is 19.3. The molecule has 0 bridgehead atoms. The van der Waals surface area contributed by atoms with Crippen LogP contribution in [0.15, 0.2) is 72.3 Å². The van der Waals surface area contributed by atoms with E-state index in [-0.39, 0.29) is 11.4 Å². The van der Waals surface area contributed by atoms with Gasteiger partial charge in [0.15, 0.2) is 0 Å². The summed E-state index contributed by atoms with van der Waals surface area (Å²) in [5, 5.41) is 12.6. The van der Waals surface area contributed by atoms with Crippen molar-refractivity contribution in [3.05, 3.63) is 105 Å². The summed E-state index contributed by atoms with van der Waals surface area (Å²) in [7, 11) is 1.28. The molecule has 3 aromatic rings. The van der Waals surface area contributed by atoms with Gasteiger partial charge in [-0.25, -0.2) is 9.18 Å². The van der Waals surface area contributed by atoms with E-state index >= 15 is 0 Å². The molecular formula is C25H18ClFN2O3. The Morgan fingerprint density at radius 2 is 1.88 bits per heavy atom. The summed E-state index contributed by atoms with van der Waals surface area (Å²) >= 11 is 6.12. The molecule has 7 heteroatoms. The minimum Gasteiger partial charge on any atom is -0.465 e. The van der Waals surface area contributed by atoms with Crippen molar-refractivity contribution in [3.8, 4) is 6.07 Å². The molecule has 160 valence electrons. The standard InChI is InChI=1S/C25H18ClFN2O3/c1-32-25(31)17-6-9-23(10-7-17)29-24(30)20(15-28)13-19-14-21(26)8-5-18(19)11-16-3-2-4-22(27)12-16/h2-10,12-14H,11H2,1H3,(H,29,30)/b20-13+. The van der Waals surface area contributed by atoms with Gasteiger partial charge >= 0.3 is 5.97 Å². The highest BCUT2D eigenvalue weighted by Crippen LogP contribution is 2.23. The first-order valence-corrected chi connectivity index (χ1v) is 9.92. The zero-order chi connectivity index (χ0) is 23.1. The van der Waals surface area contributed by atoms with Gasteiger partial charge < -0.3 is 10.1 Å². The van der Waals surface area contributed by atoms with Crippen molar-refractivity contribution in [1.29, 1.82) is 5.26 Å². The Kier molecular flexibility index (Phi) is 7.37. The molecule has 1 amide bonds. The zero-order valence-electron chi connectivity index (χ0n) is 17.1. The SMILES string of the molecule is COC(=O)c1ccc(NC(=O)/C(C#N)=C/c2cc(Cl)ccc2Cc2cccc(F)c2)cc1. The van der Waals surface area contributed by atoms with E-state index < -0.39 is 11.9 Å². The molecule has 0 radical (unpaired) electrons. The van der Waals surface area contributed by atoms with E-state index in [0.717, 1.165) is 11.1 Å². The van der Waals surface area contributed by atoms with Crippen molar-refractivity contribution in [2.45, 2.75) is 6.42 Å². The van der Waals surface area contributed by atoms with Crippen molar-refractivity contribution in [2.24, 2.45) is 0 Å². The lowest BCUT2D eigenvalue weighted by Crippen LogP contribution is -2.13. The van der Waals surface area contributed by atoms with Crippen LogP contribution >= 0.6 is 11.6 Å². The second kappa shape index (κ2) is 10.4. The van der Waals surface area contributed by atoms with Gasteiger partial charge in [-0.15, -0.1) is 0 Å². The van der Waals surface area contributed by atoms with E-state index in [1.54, 1.807) is 30.3 Å². The maximum atomic E-state index is 13.5. The number of esters is 1. The van der Waals surface area contributed by atoms with Crippen LogP contribution in [0.3, 0.4) is 0 Å². The van der Waals surface area contributed by atoms with E-state index in [4.69, 9.17) is 11.6 Å². The van der Waals surface area contributed by atoms with Crippen LogP contribution in [0.4, 0.5) is 10.1 Å². The summed E-state index contributed by atoms with van der Waals surface area (Å²) in [5.74, 6) is -1.45. The minimum absolute atomic E-state index is 0.134. The summed E-state index contributed by atoms with van der Waals surface area (Å²) in [6.45, 7) is 0. The highest BCUT2D eigenvalue weighted by atomic mass is 35.5. The number of benzene rings is 3. The van der Waals surface area contributed by atoms with Crippen LogP contribution in [0, 0.1) is 17.1 Å². The summed E-state index contributed by atoms with van der Waals surface area (Å²) < 4.78 is 18.2. The van der Waals surface area contributed by atoms with Gasteiger partial charge in [0.1, 0.15) is 17.5 Å². The van der Waals surface area contributed by atoms with Gasteiger partial charge in [-0.05, 0) is 77.7 Å². The van der Waals surface area contributed by atoms with Gasteiger partial charge in [-0.3, -0.25) is 4.79 Å². The molecule has 0 aliphatic heterocycles. The maximum Gasteiger partial charge on any atom is 0.337 e. The average molecular weight is 449 g/mol. The topological polar surface area (TPSA) is 79.2 Å². The Morgan fingerprint density at radius 3 is 2.53 bits per heavy atom. The van der Waals surface area contributed by atoms with Crippen molar-refractivity contribution in [2.75, 3.05) is 12.4 Å². The lowest BCUT2D eigenvalue weighted by Gasteiger charge is -2.09. The number of hydrogen-bond donors (Lipinski definition) is 1. The van der Waals surface area contributed by atoms with E-state index in [9.17, 15) is 19.2 Å². The molecule has 3 rings (SSSR count). The molecule has 0 fully saturated rings. The molecule has 3 aromatic carbocycles. The quantitative estimate of drug-likeness (QED) is 0.311. The molecule has 32 heavy (non-hydrogen) atoms. The first-order valence-electron chi connectivity index (χ1n) is 9.54. The number of halogens is 2. The number of methoxy groups -OCH3 is 1. The van der Waals surface area contributed by atoms with Crippen LogP contribution in [-0.2, 0) is 16.0 Å². The van der Waals surface area contributed by atoms with Crippen LogP contribution in [0.5, 0.6) is 0 Å². The third kappa shape index (κ3) is 5.81. The highest BCUT2D eigenvalue weighted by molar-refractivity contribution is 6.30. The number of nitrogens with zero attached hydrogens (tertiary/aromatic N) is 1. The fourth-order valence-corrected chi connectivity index (χ4v) is 3.22. The number of hydrogen-bond acceptors (Lipinski definition) is 4. The molecule has 0 aromatic heterocycles. The number of carbonyl (C=O) groups excluding carboxylic acids is 2. The molecule has 5 nitrogen and oxygen atoms in total.